The van der Waals surface area contributed by atoms with Crippen molar-refractivity contribution >= 4 is 5.91 Å². The molecule has 2 fully saturated rings. The van der Waals surface area contributed by atoms with Gasteiger partial charge in [-0.3, -0.25) is 9.69 Å². The smallest absolute Gasteiger partial charge is 0.242 e. The van der Waals surface area contributed by atoms with Crippen LogP contribution in [0.2, 0.25) is 0 Å². The molecule has 1 amide bonds. The fourth-order valence-corrected chi connectivity index (χ4v) is 1.88. The highest BCUT2D eigenvalue weighted by molar-refractivity contribution is 5.88. The van der Waals surface area contributed by atoms with Gasteiger partial charge in [0, 0.05) is 6.54 Å². The highest BCUT2D eigenvalue weighted by atomic mass is 16.2. The largest absolute Gasteiger partial charge is 0.342 e. The van der Waals surface area contributed by atoms with Gasteiger partial charge in [-0.15, -0.1) is 0 Å². The lowest BCUT2D eigenvalue weighted by atomic mass is 9.98. The van der Waals surface area contributed by atoms with E-state index in [-0.39, 0.29) is 11.4 Å². The second-order valence-electron chi connectivity index (χ2n) is 3.32. The molecule has 2 N–H and O–H groups in total. The number of amides is 1. The molecule has 0 aromatic rings. The van der Waals surface area contributed by atoms with Crippen LogP contribution < -0.4 is 10.6 Å². The minimum Gasteiger partial charge on any atom is -0.342 e. The maximum Gasteiger partial charge on any atom is 0.242 e. The molecule has 2 rings (SSSR count). The minimum atomic E-state index is -0.222. The normalized spacial score (nSPS) is 38.5. The highest BCUT2D eigenvalue weighted by Crippen LogP contribution is 2.24. The van der Waals surface area contributed by atoms with Gasteiger partial charge in [-0.05, 0) is 20.0 Å². The van der Waals surface area contributed by atoms with Crippen LogP contribution in [0, 0.1) is 0 Å². The lowest BCUT2D eigenvalue weighted by molar-refractivity contribution is -0.125. The number of carbonyl (C=O) groups excluding carboxylic acids is 1. The van der Waals surface area contributed by atoms with E-state index < -0.39 is 0 Å². The maximum atomic E-state index is 11.4. The lowest BCUT2D eigenvalue weighted by Crippen LogP contribution is -2.48. The zero-order valence-corrected chi connectivity index (χ0v) is 6.68. The summed E-state index contributed by atoms with van der Waals surface area (Å²) in [5.74, 6) is 0.185. The molecule has 0 bridgehead atoms. The fraction of sp³-hybridized carbons (Fsp3) is 0.857. The molecule has 62 valence electrons. The molecule has 0 saturated carbocycles. The number of nitrogens with one attached hydrogen (secondary N) is 2. The summed E-state index contributed by atoms with van der Waals surface area (Å²) >= 11 is 0. The average molecular weight is 155 g/mol. The molecule has 2 saturated heterocycles. The summed E-state index contributed by atoms with van der Waals surface area (Å²) in [7, 11) is 1.99. The van der Waals surface area contributed by atoms with Crippen LogP contribution in [-0.4, -0.2) is 43.2 Å². The third-order valence-electron chi connectivity index (χ3n) is 2.76. The monoisotopic (exact) mass is 155 g/mol. The Labute approximate surface area is 65.9 Å². The van der Waals surface area contributed by atoms with Crippen molar-refractivity contribution in [3.63, 3.8) is 0 Å². The van der Waals surface area contributed by atoms with Gasteiger partial charge in [0.1, 0.15) is 5.54 Å². The molecule has 4 nitrogen and oxygen atoms in total. The number of nitrogens with zero attached hydrogens (tertiary/aromatic N) is 1. The van der Waals surface area contributed by atoms with Crippen LogP contribution in [0.25, 0.3) is 0 Å². The second kappa shape index (κ2) is 2.19. The Bertz CT molecular complexity index is 186. The Balaban J connectivity index is 2.26. The van der Waals surface area contributed by atoms with Crippen LogP contribution in [0.15, 0.2) is 0 Å². The van der Waals surface area contributed by atoms with E-state index in [0.29, 0.717) is 6.67 Å². The van der Waals surface area contributed by atoms with Crippen molar-refractivity contribution < 1.29 is 4.79 Å². The number of likely N-dealkylation sites (N-methyl/N-ethyl adjacent to an activating group) is 1. The summed E-state index contributed by atoms with van der Waals surface area (Å²) in [4.78, 5) is 13.5. The first-order valence-electron chi connectivity index (χ1n) is 3.96. The molecule has 2 aliphatic heterocycles. The van der Waals surface area contributed by atoms with Crippen LogP contribution >= 0.6 is 0 Å². The first-order chi connectivity index (χ1) is 5.26. The van der Waals surface area contributed by atoms with Gasteiger partial charge < -0.3 is 10.6 Å². The Morgan fingerprint density at radius 1 is 1.64 bits per heavy atom. The summed E-state index contributed by atoms with van der Waals surface area (Å²) in [6.45, 7) is 2.45. The number of carbonyl (C=O) groups is 1. The third-order valence-corrected chi connectivity index (χ3v) is 2.76. The quantitative estimate of drug-likeness (QED) is 0.459. The van der Waals surface area contributed by atoms with Gasteiger partial charge in [0.25, 0.3) is 0 Å². The topological polar surface area (TPSA) is 44.4 Å². The SMILES string of the molecule is CN1CNC(=O)[C@@]12CCNC2. The van der Waals surface area contributed by atoms with E-state index in [0.717, 1.165) is 19.5 Å². The van der Waals surface area contributed by atoms with Crippen molar-refractivity contribution in [2.24, 2.45) is 0 Å². The molecule has 0 aliphatic carbocycles. The van der Waals surface area contributed by atoms with Crippen LogP contribution in [0.5, 0.6) is 0 Å². The van der Waals surface area contributed by atoms with E-state index >= 15 is 0 Å². The van der Waals surface area contributed by atoms with Crippen LogP contribution in [-0.2, 0) is 4.79 Å². The van der Waals surface area contributed by atoms with Gasteiger partial charge in [0.05, 0.1) is 6.67 Å². The standard InChI is InChI=1S/C7H13N3O/c1-10-5-9-6(11)7(10)2-3-8-4-7/h8H,2-5H2,1H3,(H,9,11)/t7-/m0/s1. The van der Waals surface area contributed by atoms with E-state index in [1.54, 1.807) is 0 Å². The van der Waals surface area contributed by atoms with Crippen molar-refractivity contribution in [1.82, 2.24) is 15.5 Å². The van der Waals surface area contributed by atoms with Crippen LogP contribution in [0.1, 0.15) is 6.42 Å². The molecule has 11 heavy (non-hydrogen) atoms. The van der Waals surface area contributed by atoms with Crippen molar-refractivity contribution in [1.29, 1.82) is 0 Å². The number of hydrogen-bond acceptors (Lipinski definition) is 3. The van der Waals surface area contributed by atoms with E-state index in [1.165, 1.54) is 0 Å². The molecule has 1 spiro atoms. The zero-order valence-electron chi connectivity index (χ0n) is 6.68. The first-order valence-corrected chi connectivity index (χ1v) is 3.96. The molecule has 0 aromatic heterocycles. The van der Waals surface area contributed by atoms with E-state index in [9.17, 15) is 4.79 Å². The lowest BCUT2D eigenvalue weighted by Gasteiger charge is -2.26. The third kappa shape index (κ3) is 0.795. The van der Waals surface area contributed by atoms with Crippen LogP contribution in [0.3, 0.4) is 0 Å². The van der Waals surface area contributed by atoms with Crippen molar-refractivity contribution in [3.8, 4) is 0 Å². The molecular formula is C7H13N3O. The first kappa shape index (κ1) is 7.06. The number of rotatable bonds is 0. The van der Waals surface area contributed by atoms with Gasteiger partial charge in [0.2, 0.25) is 5.91 Å². The molecule has 2 heterocycles. The summed E-state index contributed by atoms with van der Waals surface area (Å²) < 4.78 is 0. The maximum absolute atomic E-state index is 11.4. The number of hydrogen-bond donors (Lipinski definition) is 2. The van der Waals surface area contributed by atoms with E-state index in [2.05, 4.69) is 15.5 Å². The highest BCUT2D eigenvalue weighted by Gasteiger charge is 2.48. The minimum absolute atomic E-state index is 0.185. The van der Waals surface area contributed by atoms with E-state index in [1.807, 2.05) is 7.05 Å². The molecule has 2 aliphatic rings. The fourth-order valence-electron chi connectivity index (χ4n) is 1.88. The Kier molecular flexibility index (Phi) is 1.40. The van der Waals surface area contributed by atoms with Gasteiger partial charge >= 0.3 is 0 Å². The van der Waals surface area contributed by atoms with Crippen molar-refractivity contribution in [2.75, 3.05) is 26.8 Å². The average Bonchev–Trinajstić information content (AvgIpc) is 2.56. The predicted molar refractivity (Wildman–Crippen MR) is 41.0 cm³/mol. The molecule has 0 aromatic carbocycles. The van der Waals surface area contributed by atoms with Gasteiger partial charge in [-0.2, -0.15) is 0 Å². The predicted octanol–water partition coefficient (Wildman–Crippen LogP) is -1.26. The van der Waals surface area contributed by atoms with Gasteiger partial charge in [-0.1, -0.05) is 0 Å². The molecule has 0 unspecified atom stereocenters. The Hall–Kier alpha value is -0.610. The molecule has 1 atom stereocenters. The Morgan fingerprint density at radius 2 is 2.45 bits per heavy atom. The molecular weight excluding hydrogens is 142 g/mol. The van der Waals surface area contributed by atoms with Crippen molar-refractivity contribution in [2.45, 2.75) is 12.0 Å². The molecule has 0 radical (unpaired) electrons. The zero-order chi connectivity index (χ0) is 7.90. The van der Waals surface area contributed by atoms with Crippen LogP contribution in [0.4, 0.5) is 0 Å². The molecule has 4 heteroatoms. The summed E-state index contributed by atoms with van der Waals surface area (Å²) in [6.07, 6.45) is 0.940. The summed E-state index contributed by atoms with van der Waals surface area (Å²) in [5.41, 5.74) is -0.222. The van der Waals surface area contributed by atoms with Gasteiger partial charge in [0.15, 0.2) is 0 Å². The summed E-state index contributed by atoms with van der Waals surface area (Å²) in [6, 6.07) is 0. The Morgan fingerprint density at radius 3 is 2.91 bits per heavy atom. The van der Waals surface area contributed by atoms with Crippen molar-refractivity contribution in [3.05, 3.63) is 0 Å². The summed E-state index contributed by atoms with van der Waals surface area (Å²) in [5, 5.41) is 6.06. The second-order valence-corrected chi connectivity index (χ2v) is 3.32. The van der Waals surface area contributed by atoms with Gasteiger partial charge in [-0.25, -0.2) is 0 Å². The van der Waals surface area contributed by atoms with E-state index in [4.69, 9.17) is 0 Å².